The van der Waals surface area contributed by atoms with Crippen LogP contribution < -0.4 is 4.74 Å². The van der Waals surface area contributed by atoms with Gasteiger partial charge in [-0.2, -0.15) is 0 Å². The number of aryl methyl sites for hydroxylation is 1. The SMILES string of the molecule is CC1C(Oc2ccc(-c3ccc4c(ccn4C)c3)nc2)C2CCN1CC2. The number of ether oxygens (including phenoxy) is 1. The molecule has 1 aromatic carbocycles. The average molecular weight is 347 g/mol. The van der Waals surface area contributed by atoms with Gasteiger partial charge < -0.3 is 9.30 Å². The first-order valence-electron chi connectivity index (χ1n) is 9.61. The second-order valence-electron chi connectivity index (χ2n) is 7.78. The van der Waals surface area contributed by atoms with Crippen molar-refractivity contribution in [2.45, 2.75) is 31.9 Å². The summed E-state index contributed by atoms with van der Waals surface area (Å²) in [6, 6.07) is 13.3. The fourth-order valence-electron chi connectivity index (χ4n) is 4.67. The molecule has 0 amide bonds. The van der Waals surface area contributed by atoms with Gasteiger partial charge in [0.05, 0.1) is 11.9 Å². The molecule has 6 rings (SSSR count). The fourth-order valence-corrected chi connectivity index (χ4v) is 4.67. The van der Waals surface area contributed by atoms with E-state index in [4.69, 9.17) is 4.74 Å². The summed E-state index contributed by atoms with van der Waals surface area (Å²) in [5.41, 5.74) is 3.38. The van der Waals surface area contributed by atoms with E-state index in [-0.39, 0.29) is 0 Å². The zero-order valence-corrected chi connectivity index (χ0v) is 15.4. The first kappa shape index (κ1) is 15.9. The Hall–Kier alpha value is -2.33. The number of piperidine rings is 3. The second kappa shape index (κ2) is 6.13. The van der Waals surface area contributed by atoms with Gasteiger partial charge in [-0.05, 0) is 69.1 Å². The number of fused-ring (bicyclic) bond motifs is 4. The average Bonchev–Trinajstić information content (AvgIpc) is 3.06. The minimum Gasteiger partial charge on any atom is -0.487 e. The highest BCUT2D eigenvalue weighted by Gasteiger charge is 2.41. The number of hydrogen-bond donors (Lipinski definition) is 0. The van der Waals surface area contributed by atoms with Gasteiger partial charge in [-0.25, -0.2) is 0 Å². The maximum atomic E-state index is 6.36. The van der Waals surface area contributed by atoms with E-state index < -0.39 is 0 Å². The third-order valence-electron chi connectivity index (χ3n) is 6.28. The highest BCUT2D eigenvalue weighted by Crippen LogP contribution is 2.35. The Morgan fingerprint density at radius 1 is 1.08 bits per heavy atom. The third kappa shape index (κ3) is 2.60. The Labute approximate surface area is 154 Å². The molecule has 3 saturated heterocycles. The third-order valence-corrected chi connectivity index (χ3v) is 6.28. The zero-order valence-electron chi connectivity index (χ0n) is 15.4. The van der Waals surface area contributed by atoms with Gasteiger partial charge in [0.2, 0.25) is 0 Å². The molecule has 26 heavy (non-hydrogen) atoms. The molecule has 2 unspecified atom stereocenters. The molecule has 3 aliphatic rings. The lowest BCUT2D eigenvalue weighted by atomic mass is 9.81. The predicted molar refractivity (Wildman–Crippen MR) is 104 cm³/mol. The topological polar surface area (TPSA) is 30.3 Å². The Kier molecular flexibility index (Phi) is 3.75. The van der Waals surface area contributed by atoms with Crippen molar-refractivity contribution < 1.29 is 4.74 Å². The molecule has 0 saturated carbocycles. The summed E-state index contributed by atoms with van der Waals surface area (Å²) >= 11 is 0. The van der Waals surface area contributed by atoms with Gasteiger partial charge in [0, 0.05) is 35.8 Å². The molecule has 2 bridgehead atoms. The molecule has 0 radical (unpaired) electrons. The molecule has 0 N–H and O–H groups in total. The molecule has 4 nitrogen and oxygen atoms in total. The van der Waals surface area contributed by atoms with Crippen LogP contribution in [0, 0.1) is 5.92 Å². The van der Waals surface area contributed by atoms with Gasteiger partial charge in [0.25, 0.3) is 0 Å². The molecule has 0 aliphatic carbocycles. The number of nitrogens with zero attached hydrogens (tertiary/aromatic N) is 3. The maximum Gasteiger partial charge on any atom is 0.138 e. The number of rotatable bonds is 3. The number of pyridine rings is 1. The van der Waals surface area contributed by atoms with E-state index in [1.165, 1.54) is 36.8 Å². The predicted octanol–water partition coefficient (Wildman–Crippen LogP) is 4.10. The largest absolute Gasteiger partial charge is 0.487 e. The lowest BCUT2D eigenvalue weighted by Gasteiger charge is -2.49. The Morgan fingerprint density at radius 3 is 2.65 bits per heavy atom. The Morgan fingerprint density at radius 2 is 1.92 bits per heavy atom. The molecular formula is C22H25N3O. The van der Waals surface area contributed by atoms with Crippen LogP contribution >= 0.6 is 0 Å². The summed E-state index contributed by atoms with van der Waals surface area (Å²) in [6.07, 6.45) is 6.80. The van der Waals surface area contributed by atoms with E-state index in [1.807, 2.05) is 6.20 Å². The molecule has 3 fully saturated rings. The van der Waals surface area contributed by atoms with Crippen molar-refractivity contribution in [1.29, 1.82) is 0 Å². The number of aromatic nitrogens is 2. The molecule has 2 aromatic heterocycles. The molecule has 5 heterocycles. The second-order valence-corrected chi connectivity index (χ2v) is 7.78. The molecule has 0 spiro atoms. The van der Waals surface area contributed by atoms with Crippen LogP contribution in [0.2, 0.25) is 0 Å². The lowest BCUT2D eigenvalue weighted by molar-refractivity contribution is -0.0508. The smallest absolute Gasteiger partial charge is 0.138 e. The van der Waals surface area contributed by atoms with E-state index in [0.29, 0.717) is 18.1 Å². The number of hydrogen-bond acceptors (Lipinski definition) is 3. The summed E-state index contributed by atoms with van der Waals surface area (Å²) in [5.74, 6) is 1.58. The van der Waals surface area contributed by atoms with Crippen molar-refractivity contribution >= 4 is 10.9 Å². The van der Waals surface area contributed by atoms with Gasteiger partial charge in [-0.15, -0.1) is 0 Å². The van der Waals surface area contributed by atoms with Crippen LogP contribution in [-0.4, -0.2) is 39.7 Å². The molecule has 134 valence electrons. The molecule has 3 aromatic rings. The Balaban J connectivity index is 1.36. The molecule has 3 aliphatic heterocycles. The van der Waals surface area contributed by atoms with Gasteiger partial charge in [0.15, 0.2) is 0 Å². The van der Waals surface area contributed by atoms with Gasteiger partial charge in [0.1, 0.15) is 11.9 Å². The quantitative estimate of drug-likeness (QED) is 0.714. The normalized spacial score (nSPS) is 27.8. The molecular weight excluding hydrogens is 322 g/mol. The van der Waals surface area contributed by atoms with Crippen LogP contribution in [0.3, 0.4) is 0 Å². The van der Waals surface area contributed by atoms with Crippen molar-refractivity contribution in [1.82, 2.24) is 14.5 Å². The van der Waals surface area contributed by atoms with Crippen LogP contribution in [-0.2, 0) is 7.05 Å². The summed E-state index contributed by atoms with van der Waals surface area (Å²) < 4.78 is 8.50. The first-order chi connectivity index (χ1) is 12.7. The van der Waals surface area contributed by atoms with E-state index in [2.05, 4.69) is 71.0 Å². The highest BCUT2D eigenvalue weighted by molar-refractivity contribution is 5.85. The van der Waals surface area contributed by atoms with Crippen LogP contribution in [0.15, 0.2) is 48.8 Å². The minimum absolute atomic E-state index is 0.297. The Bertz CT molecular complexity index is 920. The van der Waals surface area contributed by atoms with Crippen molar-refractivity contribution in [3.8, 4) is 17.0 Å². The van der Waals surface area contributed by atoms with Crippen LogP contribution in [0.1, 0.15) is 19.8 Å². The van der Waals surface area contributed by atoms with E-state index >= 15 is 0 Å². The zero-order chi connectivity index (χ0) is 17.7. The van der Waals surface area contributed by atoms with Crippen molar-refractivity contribution in [2.75, 3.05) is 13.1 Å². The summed E-state index contributed by atoms with van der Waals surface area (Å²) in [7, 11) is 2.07. The van der Waals surface area contributed by atoms with E-state index in [0.717, 1.165) is 17.0 Å². The van der Waals surface area contributed by atoms with Crippen LogP contribution in [0.25, 0.3) is 22.2 Å². The standard InChI is InChI=1S/C22H25N3O/c1-15-22(16-8-11-25(15)12-9-16)26-19-4-5-20(23-14-19)17-3-6-21-18(13-17)7-10-24(21)2/h3-7,10,13-16,22H,8-9,11-12H2,1-2H3. The lowest BCUT2D eigenvalue weighted by Crippen LogP contribution is -2.58. The van der Waals surface area contributed by atoms with E-state index in [9.17, 15) is 0 Å². The fraction of sp³-hybridized carbons (Fsp3) is 0.409. The van der Waals surface area contributed by atoms with Gasteiger partial charge in [-0.1, -0.05) is 6.07 Å². The van der Waals surface area contributed by atoms with Crippen LogP contribution in [0.5, 0.6) is 5.75 Å². The van der Waals surface area contributed by atoms with Gasteiger partial charge >= 0.3 is 0 Å². The molecule has 4 heteroatoms. The van der Waals surface area contributed by atoms with Gasteiger partial charge in [-0.3, -0.25) is 9.88 Å². The summed E-state index contributed by atoms with van der Waals surface area (Å²) in [6.45, 7) is 4.75. The summed E-state index contributed by atoms with van der Waals surface area (Å²) in [5, 5.41) is 1.24. The number of benzene rings is 1. The first-order valence-corrected chi connectivity index (χ1v) is 9.61. The highest BCUT2D eigenvalue weighted by atomic mass is 16.5. The van der Waals surface area contributed by atoms with E-state index in [1.54, 1.807) is 0 Å². The minimum atomic E-state index is 0.297. The summed E-state index contributed by atoms with van der Waals surface area (Å²) in [4.78, 5) is 7.23. The maximum absolute atomic E-state index is 6.36. The van der Waals surface area contributed by atoms with Crippen molar-refractivity contribution in [2.24, 2.45) is 13.0 Å². The monoisotopic (exact) mass is 347 g/mol. The van der Waals surface area contributed by atoms with Crippen molar-refractivity contribution in [3.05, 3.63) is 48.8 Å². The van der Waals surface area contributed by atoms with Crippen molar-refractivity contribution in [3.63, 3.8) is 0 Å². The van der Waals surface area contributed by atoms with Crippen LogP contribution in [0.4, 0.5) is 0 Å². The molecule has 2 atom stereocenters.